The Morgan fingerprint density at radius 1 is 1.05 bits per heavy atom. The number of rotatable bonds is 3. The first-order valence-corrected chi connectivity index (χ1v) is 5.97. The molecule has 1 N–H and O–H groups in total. The van der Waals surface area contributed by atoms with Gasteiger partial charge in [0.05, 0.1) is 6.04 Å². The Morgan fingerprint density at radius 2 is 1.48 bits per heavy atom. The first-order valence-electron chi connectivity index (χ1n) is 5.59. The standard InChI is InChI=1S/C12H10ClF6NO/c1-7(8-5-3-2-4-6-8)20-9(21)10(13,11(14,15)16)12(17,18)19/h2-7H,1H3,(H,20,21)/t7-/m0/s1. The van der Waals surface area contributed by atoms with Gasteiger partial charge in [0.1, 0.15) is 0 Å². The van der Waals surface area contributed by atoms with Gasteiger partial charge in [-0.05, 0) is 12.5 Å². The van der Waals surface area contributed by atoms with E-state index in [4.69, 9.17) is 0 Å². The third-order valence-electron chi connectivity index (χ3n) is 2.74. The van der Waals surface area contributed by atoms with Crippen LogP contribution >= 0.6 is 11.6 Å². The number of halogens is 7. The van der Waals surface area contributed by atoms with Gasteiger partial charge in [0, 0.05) is 0 Å². The lowest BCUT2D eigenvalue weighted by molar-refractivity contribution is -0.260. The summed E-state index contributed by atoms with van der Waals surface area (Å²) in [5.41, 5.74) is 0.342. The number of carbonyl (C=O) groups is 1. The molecule has 0 fully saturated rings. The monoisotopic (exact) mass is 333 g/mol. The highest BCUT2D eigenvalue weighted by molar-refractivity contribution is 6.36. The van der Waals surface area contributed by atoms with Crippen molar-refractivity contribution < 1.29 is 31.1 Å². The molecule has 21 heavy (non-hydrogen) atoms. The molecule has 1 atom stereocenters. The van der Waals surface area contributed by atoms with Gasteiger partial charge in [-0.15, -0.1) is 0 Å². The Kier molecular flexibility index (Phi) is 4.82. The predicted octanol–water partition coefficient (Wildman–Crippen LogP) is 3.97. The fraction of sp³-hybridized carbons (Fsp3) is 0.417. The molecular formula is C12H10ClF6NO. The summed E-state index contributed by atoms with van der Waals surface area (Å²) >= 11 is 4.61. The van der Waals surface area contributed by atoms with E-state index < -0.39 is 29.2 Å². The maximum atomic E-state index is 12.6. The van der Waals surface area contributed by atoms with Crippen LogP contribution in [0.1, 0.15) is 18.5 Å². The van der Waals surface area contributed by atoms with E-state index in [1.165, 1.54) is 31.2 Å². The van der Waals surface area contributed by atoms with Crippen LogP contribution in [0.15, 0.2) is 30.3 Å². The van der Waals surface area contributed by atoms with Crippen molar-refractivity contribution in [3.8, 4) is 0 Å². The van der Waals surface area contributed by atoms with E-state index in [2.05, 4.69) is 11.6 Å². The van der Waals surface area contributed by atoms with Crippen molar-refractivity contribution in [1.29, 1.82) is 0 Å². The van der Waals surface area contributed by atoms with Crippen LogP contribution in [0.3, 0.4) is 0 Å². The van der Waals surface area contributed by atoms with Gasteiger partial charge in [-0.2, -0.15) is 26.3 Å². The van der Waals surface area contributed by atoms with Crippen molar-refractivity contribution in [3.05, 3.63) is 35.9 Å². The van der Waals surface area contributed by atoms with E-state index >= 15 is 0 Å². The van der Waals surface area contributed by atoms with Gasteiger partial charge in [0.25, 0.3) is 5.91 Å². The molecule has 118 valence electrons. The van der Waals surface area contributed by atoms with E-state index in [9.17, 15) is 31.1 Å². The van der Waals surface area contributed by atoms with Gasteiger partial charge in [0.2, 0.25) is 0 Å². The number of carbonyl (C=O) groups excluding carboxylic acids is 1. The van der Waals surface area contributed by atoms with Crippen molar-refractivity contribution >= 4 is 17.5 Å². The number of nitrogens with one attached hydrogen (secondary N) is 1. The molecule has 0 saturated carbocycles. The quantitative estimate of drug-likeness (QED) is 0.658. The summed E-state index contributed by atoms with van der Waals surface area (Å²) in [6.07, 6.45) is -12.0. The average Bonchev–Trinajstić information content (AvgIpc) is 2.35. The van der Waals surface area contributed by atoms with Crippen molar-refractivity contribution in [2.24, 2.45) is 0 Å². The van der Waals surface area contributed by atoms with E-state index in [1.54, 1.807) is 11.4 Å². The molecule has 1 amide bonds. The summed E-state index contributed by atoms with van der Waals surface area (Å²) in [6.45, 7) is 1.25. The molecule has 0 bridgehead atoms. The minimum Gasteiger partial charge on any atom is -0.347 e. The second-order valence-electron chi connectivity index (χ2n) is 4.26. The van der Waals surface area contributed by atoms with Gasteiger partial charge in [-0.1, -0.05) is 41.9 Å². The minimum absolute atomic E-state index is 0.342. The largest absolute Gasteiger partial charge is 0.425 e. The van der Waals surface area contributed by atoms with Gasteiger partial charge in [0.15, 0.2) is 0 Å². The summed E-state index contributed by atoms with van der Waals surface area (Å²) in [5.74, 6) is -2.36. The van der Waals surface area contributed by atoms with E-state index in [0.717, 1.165) is 0 Å². The molecule has 9 heteroatoms. The second kappa shape index (κ2) is 5.75. The Bertz CT molecular complexity index is 485. The van der Waals surface area contributed by atoms with Gasteiger partial charge in [-0.25, -0.2) is 0 Å². The van der Waals surface area contributed by atoms with Crippen molar-refractivity contribution in [3.63, 3.8) is 0 Å². The molecule has 0 unspecified atom stereocenters. The molecule has 0 aliphatic rings. The fourth-order valence-corrected chi connectivity index (χ4v) is 1.59. The van der Waals surface area contributed by atoms with Crippen LogP contribution in [0.2, 0.25) is 0 Å². The highest BCUT2D eigenvalue weighted by Gasteiger charge is 2.75. The van der Waals surface area contributed by atoms with Gasteiger partial charge < -0.3 is 5.32 Å². The predicted molar refractivity (Wildman–Crippen MR) is 63.7 cm³/mol. The normalized spacial score (nSPS) is 14.7. The number of hydrogen-bond acceptors (Lipinski definition) is 1. The topological polar surface area (TPSA) is 29.1 Å². The minimum atomic E-state index is -5.98. The molecule has 1 aromatic rings. The van der Waals surface area contributed by atoms with Gasteiger partial charge >= 0.3 is 17.2 Å². The summed E-state index contributed by atoms with van der Waals surface area (Å²) in [5, 5.41) is 1.64. The van der Waals surface area contributed by atoms with Crippen LogP contribution in [0.5, 0.6) is 0 Å². The SMILES string of the molecule is C[C@H](NC(=O)C(Cl)(C(F)(F)F)C(F)(F)F)c1ccccc1. The van der Waals surface area contributed by atoms with Crippen LogP contribution in [0.4, 0.5) is 26.3 Å². The van der Waals surface area contributed by atoms with Gasteiger partial charge in [-0.3, -0.25) is 4.79 Å². The van der Waals surface area contributed by atoms with Crippen molar-refractivity contribution in [2.75, 3.05) is 0 Å². The first kappa shape index (κ1) is 17.6. The van der Waals surface area contributed by atoms with Crippen molar-refractivity contribution in [2.45, 2.75) is 30.2 Å². The highest BCUT2D eigenvalue weighted by atomic mass is 35.5. The van der Waals surface area contributed by atoms with Crippen LogP contribution in [-0.4, -0.2) is 23.1 Å². The van der Waals surface area contributed by atoms with E-state index in [-0.39, 0.29) is 0 Å². The lowest BCUT2D eigenvalue weighted by Gasteiger charge is -2.31. The molecule has 1 rings (SSSR count). The Morgan fingerprint density at radius 3 is 1.86 bits per heavy atom. The average molecular weight is 334 g/mol. The summed E-state index contributed by atoms with van der Waals surface area (Å²) in [4.78, 5) is 6.48. The molecule has 0 heterocycles. The first-order chi connectivity index (χ1) is 9.41. The summed E-state index contributed by atoms with van der Waals surface area (Å²) in [7, 11) is 0. The summed E-state index contributed by atoms with van der Waals surface area (Å²) in [6, 6.07) is 6.49. The van der Waals surface area contributed by atoms with Crippen LogP contribution < -0.4 is 5.32 Å². The lowest BCUT2D eigenvalue weighted by atomic mass is 10.0. The smallest absolute Gasteiger partial charge is 0.347 e. The molecule has 1 aromatic carbocycles. The zero-order valence-electron chi connectivity index (χ0n) is 10.5. The Hall–Kier alpha value is -1.44. The molecule has 0 saturated heterocycles. The molecule has 2 nitrogen and oxygen atoms in total. The zero-order chi connectivity index (χ0) is 16.5. The molecule has 0 radical (unpaired) electrons. The number of hydrogen-bond donors (Lipinski definition) is 1. The number of amides is 1. The number of benzene rings is 1. The lowest BCUT2D eigenvalue weighted by Crippen LogP contribution is -2.62. The fourth-order valence-electron chi connectivity index (χ4n) is 1.54. The van der Waals surface area contributed by atoms with Crippen LogP contribution in [-0.2, 0) is 4.79 Å². The van der Waals surface area contributed by atoms with Crippen LogP contribution in [0, 0.1) is 0 Å². The zero-order valence-corrected chi connectivity index (χ0v) is 11.3. The third kappa shape index (κ3) is 3.42. The highest BCUT2D eigenvalue weighted by Crippen LogP contribution is 2.48. The second-order valence-corrected chi connectivity index (χ2v) is 4.83. The molecule has 0 spiro atoms. The van der Waals surface area contributed by atoms with E-state index in [0.29, 0.717) is 5.56 Å². The van der Waals surface area contributed by atoms with Crippen molar-refractivity contribution in [1.82, 2.24) is 5.32 Å². The maximum Gasteiger partial charge on any atom is 0.425 e. The Labute approximate surface area is 121 Å². The molecule has 0 aromatic heterocycles. The molecule has 0 aliphatic carbocycles. The number of alkyl halides is 7. The third-order valence-corrected chi connectivity index (χ3v) is 3.34. The summed E-state index contributed by atoms with van der Waals surface area (Å²) < 4.78 is 75.5. The molecule has 0 aliphatic heterocycles. The Balaban J connectivity index is 3.05. The molecular weight excluding hydrogens is 324 g/mol. The maximum absolute atomic E-state index is 12.6. The van der Waals surface area contributed by atoms with E-state index in [1.807, 2.05) is 0 Å². The van der Waals surface area contributed by atoms with Crippen LogP contribution in [0.25, 0.3) is 0 Å².